The molecule has 0 radical (unpaired) electrons. The highest BCUT2D eigenvalue weighted by molar-refractivity contribution is 5.94. The monoisotopic (exact) mass is 305 g/mol. The fourth-order valence-electron chi connectivity index (χ4n) is 2.10. The quantitative estimate of drug-likeness (QED) is 0.563. The van der Waals surface area contributed by atoms with Gasteiger partial charge in [0.1, 0.15) is 5.75 Å². The second-order valence-electron chi connectivity index (χ2n) is 4.66. The molecular weight excluding hydrogens is 295 g/mol. The maximum Gasteiger partial charge on any atom is 0.416 e. The Balaban J connectivity index is 1.84. The molecule has 1 aromatic heterocycles. The molecule has 3 nitrogen and oxygen atoms in total. The summed E-state index contributed by atoms with van der Waals surface area (Å²) in [5.74, 6) is -0.355. The van der Waals surface area contributed by atoms with E-state index in [2.05, 4.69) is 4.98 Å². The van der Waals surface area contributed by atoms with Gasteiger partial charge in [0.05, 0.1) is 11.1 Å². The molecule has 0 saturated heterocycles. The second kappa shape index (κ2) is 5.22. The van der Waals surface area contributed by atoms with Crippen molar-refractivity contribution in [3.8, 4) is 5.75 Å². The van der Waals surface area contributed by atoms with Crippen molar-refractivity contribution in [3.63, 3.8) is 0 Å². The van der Waals surface area contributed by atoms with Gasteiger partial charge in [-0.05, 0) is 42.5 Å². The van der Waals surface area contributed by atoms with Crippen molar-refractivity contribution >= 4 is 16.9 Å². The lowest BCUT2D eigenvalue weighted by atomic mass is 10.1. The summed E-state index contributed by atoms with van der Waals surface area (Å²) in [7, 11) is 0. The van der Waals surface area contributed by atoms with Crippen molar-refractivity contribution in [1.82, 2.24) is 4.98 Å². The van der Waals surface area contributed by atoms with Crippen molar-refractivity contribution in [1.29, 1.82) is 0 Å². The van der Waals surface area contributed by atoms with Crippen LogP contribution in [-0.4, -0.2) is 11.0 Å². The molecule has 0 saturated carbocycles. The minimum Gasteiger partial charge on any atom is -0.422 e. The lowest BCUT2D eigenvalue weighted by Gasteiger charge is -2.08. The van der Waals surface area contributed by atoms with E-state index in [9.17, 15) is 18.0 Å². The molecule has 0 atom stereocenters. The molecule has 6 heteroatoms. The number of rotatable bonds is 2. The first-order chi connectivity index (χ1) is 10.4. The molecule has 2 aromatic carbocycles. The Bertz CT molecular complexity index is 819. The van der Waals surface area contributed by atoms with E-state index >= 15 is 0 Å². The first-order valence-corrected chi connectivity index (χ1v) is 6.41. The molecule has 0 aliphatic carbocycles. The highest BCUT2D eigenvalue weighted by Gasteiger charge is 2.30. The van der Waals surface area contributed by atoms with Crippen LogP contribution in [0.2, 0.25) is 0 Å². The van der Waals surface area contributed by atoms with Crippen molar-refractivity contribution in [2.75, 3.05) is 0 Å². The van der Waals surface area contributed by atoms with Gasteiger partial charge in [0.2, 0.25) is 0 Å². The van der Waals surface area contributed by atoms with Crippen LogP contribution in [0, 0.1) is 0 Å². The highest BCUT2D eigenvalue weighted by atomic mass is 19.4. The minimum atomic E-state index is -4.43. The van der Waals surface area contributed by atoms with Gasteiger partial charge in [-0.2, -0.15) is 13.2 Å². The number of ether oxygens (including phenoxy) is 1. The summed E-state index contributed by atoms with van der Waals surface area (Å²) in [6.45, 7) is 0. The smallest absolute Gasteiger partial charge is 0.416 e. The van der Waals surface area contributed by atoms with E-state index in [-0.39, 0.29) is 5.56 Å². The van der Waals surface area contributed by atoms with Crippen molar-refractivity contribution in [2.24, 2.45) is 0 Å². The van der Waals surface area contributed by atoms with Crippen LogP contribution in [0.15, 0.2) is 54.7 Å². The molecule has 1 heterocycles. The Hall–Kier alpha value is -2.76. The summed E-state index contributed by atoms with van der Waals surface area (Å²) in [4.78, 5) is 15.0. The molecule has 0 amide bonds. The highest BCUT2D eigenvalue weighted by Crippen LogP contribution is 2.29. The topological polar surface area (TPSA) is 42.1 Å². The zero-order valence-corrected chi connectivity index (χ0v) is 11.1. The van der Waals surface area contributed by atoms with Gasteiger partial charge in [0, 0.05) is 17.1 Å². The van der Waals surface area contributed by atoms with Crippen LogP contribution in [0.4, 0.5) is 13.2 Å². The van der Waals surface area contributed by atoms with E-state index in [1.165, 1.54) is 0 Å². The first-order valence-electron chi connectivity index (χ1n) is 6.41. The Kier molecular flexibility index (Phi) is 3.36. The normalized spacial score (nSPS) is 11.6. The number of benzene rings is 2. The maximum absolute atomic E-state index is 12.5. The fraction of sp³-hybridized carbons (Fsp3) is 0.0625. The lowest BCUT2D eigenvalue weighted by molar-refractivity contribution is -0.137. The Morgan fingerprint density at radius 2 is 1.73 bits per heavy atom. The van der Waals surface area contributed by atoms with Gasteiger partial charge in [-0.15, -0.1) is 0 Å². The van der Waals surface area contributed by atoms with E-state index in [0.717, 1.165) is 35.2 Å². The predicted octanol–water partition coefficient (Wildman–Crippen LogP) is 4.41. The largest absolute Gasteiger partial charge is 0.422 e. The second-order valence-corrected chi connectivity index (χ2v) is 4.66. The molecule has 0 unspecified atom stereocenters. The standard InChI is InChI=1S/C16H10F3NO2/c17-16(18,19)11-6-4-10(5-7-11)15(21)22-14-3-1-2-13-12(14)8-9-20-13/h1-9,20H. The number of hydrogen-bond donors (Lipinski definition) is 1. The average molecular weight is 305 g/mol. The average Bonchev–Trinajstić information content (AvgIpc) is 2.96. The number of carbonyl (C=O) groups excluding carboxylic acids is 1. The van der Waals surface area contributed by atoms with Gasteiger partial charge in [0.25, 0.3) is 0 Å². The summed E-state index contributed by atoms with van der Waals surface area (Å²) in [5.41, 5.74) is 0.0510. The third kappa shape index (κ3) is 2.67. The van der Waals surface area contributed by atoms with Crippen LogP contribution < -0.4 is 4.74 Å². The van der Waals surface area contributed by atoms with Gasteiger partial charge in [-0.25, -0.2) is 4.79 Å². The Morgan fingerprint density at radius 1 is 1.00 bits per heavy atom. The minimum absolute atomic E-state index is 0.0561. The number of aromatic nitrogens is 1. The third-order valence-electron chi connectivity index (χ3n) is 3.21. The maximum atomic E-state index is 12.5. The third-order valence-corrected chi connectivity index (χ3v) is 3.21. The summed E-state index contributed by atoms with van der Waals surface area (Å²) in [5, 5.41) is 0.725. The van der Waals surface area contributed by atoms with E-state index in [0.29, 0.717) is 5.75 Å². The summed E-state index contributed by atoms with van der Waals surface area (Å²) in [6, 6.07) is 10.8. The van der Waals surface area contributed by atoms with Crippen molar-refractivity contribution < 1.29 is 22.7 Å². The van der Waals surface area contributed by atoms with E-state index < -0.39 is 17.7 Å². The zero-order valence-electron chi connectivity index (χ0n) is 11.1. The molecule has 22 heavy (non-hydrogen) atoms. The predicted molar refractivity (Wildman–Crippen MR) is 74.7 cm³/mol. The van der Waals surface area contributed by atoms with E-state index in [1.54, 1.807) is 24.4 Å². The molecule has 1 N–H and O–H groups in total. The van der Waals surface area contributed by atoms with Crippen LogP contribution in [-0.2, 0) is 6.18 Å². The molecule has 112 valence electrons. The fourth-order valence-corrected chi connectivity index (χ4v) is 2.10. The summed E-state index contributed by atoms with van der Waals surface area (Å²) < 4.78 is 42.7. The number of carbonyl (C=O) groups is 1. The van der Waals surface area contributed by atoms with Gasteiger partial charge in [-0.1, -0.05) is 6.07 Å². The van der Waals surface area contributed by atoms with Crippen LogP contribution >= 0.6 is 0 Å². The number of halogens is 3. The number of esters is 1. The molecule has 3 rings (SSSR count). The molecule has 0 fully saturated rings. The number of H-pyrrole nitrogens is 1. The van der Waals surface area contributed by atoms with Crippen molar-refractivity contribution in [3.05, 3.63) is 65.9 Å². The van der Waals surface area contributed by atoms with E-state index in [4.69, 9.17) is 4.74 Å². The van der Waals surface area contributed by atoms with E-state index in [1.807, 2.05) is 6.07 Å². The molecule has 3 aromatic rings. The molecule has 0 bridgehead atoms. The Labute approximate surface area is 123 Å². The van der Waals surface area contributed by atoms with Crippen LogP contribution in [0.3, 0.4) is 0 Å². The number of nitrogens with one attached hydrogen (secondary N) is 1. The summed E-state index contributed by atoms with van der Waals surface area (Å²) >= 11 is 0. The zero-order chi connectivity index (χ0) is 15.7. The molecule has 0 aliphatic heterocycles. The van der Waals surface area contributed by atoms with Crippen LogP contribution in [0.25, 0.3) is 10.9 Å². The molecular formula is C16H10F3NO2. The number of aromatic amines is 1. The van der Waals surface area contributed by atoms with Crippen LogP contribution in [0.1, 0.15) is 15.9 Å². The van der Waals surface area contributed by atoms with Gasteiger partial charge >= 0.3 is 12.1 Å². The van der Waals surface area contributed by atoms with Gasteiger partial charge in [0.15, 0.2) is 0 Å². The molecule has 0 aliphatic rings. The van der Waals surface area contributed by atoms with Gasteiger partial charge < -0.3 is 9.72 Å². The number of hydrogen-bond acceptors (Lipinski definition) is 2. The van der Waals surface area contributed by atoms with Crippen LogP contribution in [0.5, 0.6) is 5.75 Å². The lowest BCUT2D eigenvalue weighted by Crippen LogP contribution is -2.10. The number of alkyl halides is 3. The molecule has 0 spiro atoms. The Morgan fingerprint density at radius 3 is 2.41 bits per heavy atom. The summed E-state index contributed by atoms with van der Waals surface area (Å²) in [6.07, 6.45) is -2.72. The SMILES string of the molecule is O=C(Oc1cccc2[nH]ccc12)c1ccc(C(F)(F)F)cc1. The first kappa shape index (κ1) is 14.2. The van der Waals surface area contributed by atoms with Crippen molar-refractivity contribution in [2.45, 2.75) is 6.18 Å². The number of fused-ring (bicyclic) bond motifs is 1. The van der Waals surface area contributed by atoms with Gasteiger partial charge in [-0.3, -0.25) is 0 Å².